The molecule has 0 heterocycles. The minimum absolute atomic E-state index is 0. The first-order valence-electron chi connectivity index (χ1n) is 0.906. The first-order chi connectivity index (χ1) is 2.27. The van der Waals surface area contributed by atoms with Crippen molar-refractivity contribution in [2.45, 2.75) is 0 Å². The zero-order valence-electron chi connectivity index (χ0n) is 2.56. The molecule has 0 rings (SSSR count). The summed E-state index contributed by atoms with van der Waals surface area (Å²) >= 11 is 0. The summed E-state index contributed by atoms with van der Waals surface area (Å²) in [5.41, 5.74) is 0. The Labute approximate surface area is 44.7 Å². The second-order valence-corrected chi connectivity index (χ2v) is 0.415. The molecule has 0 aromatic heterocycles. The molecule has 0 saturated carbocycles. The Morgan fingerprint density at radius 1 is 1.50 bits per heavy atom. The SMILES string of the molecule is OB(O)OF.[Cu]. The van der Waals surface area contributed by atoms with E-state index in [9.17, 15) is 4.53 Å². The average molecular weight is 143 g/mol. The van der Waals surface area contributed by atoms with Gasteiger partial charge in [0.05, 0.1) is 0 Å². The first-order valence-corrected chi connectivity index (χ1v) is 0.906. The predicted molar refractivity (Wildman–Crippen MR) is 12.4 cm³/mol. The number of halogens is 1. The third-order valence-electron chi connectivity index (χ3n) is 0.0797. The molecule has 0 atom stereocenters. The molecule has 3 nitrogen and oxygen atoms in total. The maximum atomic E-state index is 10.1. The average Bonchev–Trinajstić information content (AvgIpc) is 1.38. The van der Waals surface area contributed by atoms with Crippen LogP contribution >= 0.6 is 0 Å². The second kappa shape index (κ2) is 5.39. The van der Waals surface area contributed by atoms with E-state index >= 15 is 0 Å². The van der Waals surface area contributed by atoms with Gasteiger partial charge in [0, 0.05) is 17.1 Å². The van der Waals surface area contributed by atoms with Crippen LogP contribution in [-0.2, 0) is 21.9 Å². The van der Waals surface area contributed by atoms with Crippen molar-refractivity contribution in [2.24, 2.45) is 0 Å². The molecule has 0 aromatic carbocycles. The Hall–Kier alpha value is 0.394. The van der Waals surface area contributed by atoms with Crippen LogP contribution in [0.5, 0.6) is 0 Å². The van der Waals surface area contributed by atoms with Crippen LogP contribution in [0.15, 0.2) is 0 Å². The Bertz CT molecular complexity index is 24.8. The van der Waals surface area contributed by atoms with Gasteiger partial charge in [0.2, 0.25) is 0 Å². The molecule has 0 aromatic rings. The smallest absolute Gasteiger partial charge is 0.400 e. The zero-order valence-corrected chi connectivity index (χ0v) is 3.50. The van der Waals surface area contributed by atoms with Crippen molar-refractivity contribution in [3.63, 3.8) is 0 Å². The summed E-state index contributed by atoms with van der Waals surface area (Å²) in [6.45, 7) is 0. The van der Waals surface area contributed by atoms with E-state index < -0.39 is 7.32 Å². The molecule has 2 N–H and O–H groups in total. The van der Waals surface area contributed by atoms with E-state index in [1.54, 1.807) is 0 Å². The van der Waals surface area contributed by atoms with Gasteiger partial charge in [-0.25, -0.2) is 0 Å². The van der Waals surface area contributed by atoms with Crippen LogP contribution < -0.4 is 0 Å². The minimum Gasteiger partial charge on any atom is -0.400 e. The van der Waals surface area contributed by atoms with Crippen molar-refractivity contribution in [3.05, 3.63) is 0 Å². The summed E-state index contributed by atoms with van der Waals surface area (Å²) in [7, 11) is -2.28. The molecule has 0 aliphatic carbocycles. The maximum absolute atomic E-state index is 10.1. The number of hydrogen-bond donors (Lipinski definition) is 2. The van der Waals surface area contributed by atoms with Gasteiger partial charge in [-0.2, -0.15) is 4.86 Å². The van der Waals surface area contributed by atoms with Crippen molar-refractivity contribution >= 4 is 7.32 Å². The van der Waals surface area contributed by atoms with Gasteiger partial charge in [-0.1, -0.05) is 4.53 Å². The molecular formula is H2BCuFO3. The molecule has 6 heteroatoms. The van der Waals surface area contributed by atoms with E-state index in [0.717, 1.165) is 0 Å². The summed E-state index contributed by atoms with van der Waals surface area (Å²) in [4.78, 5) is 2.36. The van der Waals surface area contributed by atoms with E-state index in [-0.39, 0.29) is 17.1 Å². The molecule has 0 bridgehead atoms. The van der Waals surface area contributed by atoms with Crippen LogP contribution in [0, 0.1) is 0 Å². The molecule has 0 aliphatic rings. The summed E-state index contributed by atoms with van der Waals surface area (Å²) < 4.78 is 10.1. The van der Waals surface area contributed by atoms with Gasteiger partial charge >= 0.3 is 7.32 Å². The summed E-state index contributed by atoms with van der Waals surface area (Å²) in [5, 5.41) is 14.6. The van der Waals surface area contributed by atoms with E-state index in [0.29, 0.717) is 0 Å². The minimum atomic E-state index is -2.28. The normalized spacial score (nSPS) is 6.50. The second-order valence-electron chi connectivity index (χ2n) is 0.415. The van der Waals surface area contributed by atoms with Crippen LogP contribution in [0.25, 0.3) is 0 Å². The van der Waals surface area contributed by atoms with Crippen LogP contribution in [-0.4, -0.2) is 17.4 Å². The van der Waals surface area contributed by atoms with Crippen molar-refractivity contribution in [1.82, 2.24) is 0 Å². The zero-order chi connectivity index (χ0) is 4.28. The molecule has 6 heavy (non-hydrogen) atoms. The molecule has 0 aliphatic heterocycles. The van der Waals surface area contributed by atoms with Crippen LogP contribution in [0.4, 0.5) is 4.53 Å². The molecule has 1 radical (unpaired) electrons. The summed E-state index contributed by atoms with van der Waals surface area (Å²) in [5.74, 6) is 0. The summed E-state index contributed by atoms with van der Waals surface area (Å²) in [6.07, 6.45) is 0. The molecule has 0 spiro atoms. The van der Waals surface area contributed by atoms with E-state index in [4.69, 9.17) is 10.0 Å². The standard InChI is InChI=1S/BFH2O3.Cu/c2-5-1(3)4;/h3-4H;. The topological polar surface area (TPSA) is 49.7 Å². The molecule has 0 fully saturated rings. The van der Waals surface area contributed by atoms with Gasteiger partial charge in [-0.3, -0.25) is 0 Å². The Balaban J connectivity index is 0. The van der Waals surface area contributed by atoms with E-state index in [1.807, 2.05) is 0 Å². The Morgan fingerprint density at radius 2 is 1.67 bits per heavy atom. The first kappa shape index (κ1) is 9.64. The van der Waals surface area contributed by atoms with Crippen molar-refractivity contribution < 1.29 is 36.5 Å². The third kappa shape index (κ3) is 8.83. The fourth-order valence-corrected chi connectivity index (χ4v) is 0. The van der Waals surface area contributed by atoms with Crippen LogP contribution in [0.1, 0.15) is 0 Å². The molecule has 0 saturated heterocycles. The fraction of sp³-hybridized carbons (Fsp3) is 0. The molecule has 0 amide bonds. The van der Waals surface area contributed by atoms with Crippen LogP contribution in [0.2, 0.25) is 0 Å². The van der Waals surface area contributed by atoms with E-state index in [2.05, 4.69) is 4.86 Å². The van der Waals surface area contributed by atoms with E-state index in [1.165, 1.54) is 0 Å². The van der Waals surface area contributed by atoms with Crippen molar-refractivity contribution in [3.8, 4) is 0 Å². The van der Waals surface area contributed by atoms with Crippen molar-refractivity contribution in [2.75, 3.05) is 0 Å². The van der Waals surface area contributed by atoms with Crippen molar-refractivity contribution in [1.29, 1.82) is 0 Å². The van der Waals surface area contributed by atoms with Gasteiger partial charge in [0.25, 0.3) is 0 Å². The predicted octanol–water partition coefficient (Wildman–Crippen LogP) is -1.15. The van der Waals surface area contributed by atoms with Gasteiger partial charge in [-0.05, 0) is 0 Å². The molecule has 0 unspecified atom stereocenters. The summed E-state index contributed by atoms with van der Waals surface area (Å²) in [6, 6.07) is 0. The third-order valence-corrected chi connectivity index (χ3v) is 0.0797. The van der Waals surface area contributed by atoms with Gasteiger partial charge in [-0.15, -0.1) is 0 Å². The number of rotatable bonds is 1. The monoisotopic (exact) mass is 143 g/mol. The number of hydrogen-bond acceptors (Lipinski definition) is 3. The maximum Gasteiger partial charge on any atom is 0.667 e. The Morgan fingerprint density at radius 3 is 1.67 bits per heavy atom. The van der Waals surface area contributed by atoms with Gasteiger partial charge in [0.15, 0.2) is 0 Å². The van der Waals surface area contributed by atoms with Gasteiger partial charge < -0.3 is 10.0 Å². The molecule has 41 valence electrons. The quantitative estimate of drug-likeness (QED) is 0.456. The largest absolute Gasteiger partial charge is 0.667 e. The van der Waals surface area contributed by atoms with Crippen LogP contribution in [0.3, 0.4) is 0 Å². The fourth-order valence-electron chi connectivity index (χ4n) is 0. The Kier molecular flexibility index (Phi) is 8.66. The van der Waals surface area contributed by atoms with Gasteiger partial charge in [0.1, 0.15) is 0 Å². The molecular weight excluding hydrogens is 141 g/mol.